The normalized spacial score (nSPS) is 12.0. The van der Waals surface area contributed by atoms with E-state index in [0.29, 0.717) is 33.8 Å². The number of nitrogens with zero attached hydrogens (tertiary/aromatic N) is 6. The van der Waals surface area contributed by atoms with E-state index in [4.69, 9.17) is 16.3 Å². The molecule has 0 aliphatic rings. The van der Waals surface area contributed by atoms with E-state index >= 15 is 0 Å². The summed E-state index contributed by atoms with van der Waals surface area (Å²) in [7, 11) is 3.19. The topological polar surface area (TPSA) is 129 Å². The summed E-state index contributed by atoms with van der Waals surface area (Å²) in [5.41, 5.74) is 2.39. The van der Waals surface area contributed by atoms with Crippen molar-refractivity contribution in [1.29, 1.82) is 0 Å². The van der Waals surface area contributed by atoms with Gasteiger partial charge in [-0.25, -0.2) is 9.78 Å². The number of methoxy groups -OCH3 is 1. The molecule has 0 bridgehead atoms. The zero-order chi connectivity index (χ0) is 22.8. The number of aryl methyl sites for hydroxylation is 1. The molecule has 2 N–H and O–H groups in total. The van der Waals surface area contributed by atoms with E-state index in [2.05, 4.69) is 30.8 Å². The third-order valence-corrected chi connectivity index (χ3v) is 5.14. The first-order valence-electron chi connectivity index (χ1n) is 9.50. The molecule has 4 aromatic rings. The molecule has 4 rings (SSSR count). The monoisotopic (exact) mass is 454 g/mol. The molecule has 0 aliphatic heterocycles. The number of rotatable bonds is 5. The summed E-state index contributed by atoms with van der Waals surface area (Å²) in [5.74, 6) is 0.332. The Morgan fingerprint density at radius 1 is 1.16 bits per heavy atom. The molecule has 0 spiro atoms. The fourth-order valence-corrected chi connectivity index (χ4v) is 3.50. The van der Waals surface area contributed by atoms with Crippen LogP contribution in [-0.2, 0) is 11.8 Å². The number of halogens is 1. The van der Waals surface area contributed by atoms with Crippen LogP contribution in [-0.4, -0.2) is 42.7 Å². The number of aromatic nitrogens is 6. The van der Waals surface area contributed by atoms with Crippen molar-refractivity contribution in [3.05, 3.63) is 63.9 Å². The first-order chi connectivity index (χ1) is 15.4. The number of anilines is 2. The van der Waals surface area contributed by atoms with Gasteiger partial charge in [-0.05, 0) is 19.1 Å². The summed E-state index contributed by atoms with van der Waals surface area (Å²) < 4.78 is 6.96. The Balaban J connectivity index is 1.63. The van der Waals surface area contributed by atoms with Gasteiger partial charge in [0.15, 0.2) is 5.82 Å². The number of carbonyl (C=O) groups is 1. The second-order valence-corrected chi connectivity index (χ2v) is 7.26. The van der Waals surface area contributed by atoms with Crippen LogP contribution in [0.4, 0.5) is 16.2 Å². The molecule has 4 heterocycles. The lowest BCUT2D eigenvalue weighted by Gasteiger charge is -2.19. The zero-order valence-electron chi connectivity index (χ0n) is 17.4. The minimum Gasteiger partial charge on any atom is -0.377 e. The maximum atomic E-state index is 12.7. The Hall–Kier alpha value is -3.83. The molecule has 0 radical (unpaired) electrons. The van der Waals surface area contributed by atoms with Crippen molar-refractivity contribution in [3.8, 4) is 5.82 Å². The molecule has 2 amide bonds. The fourth-order valence-electron chi connectivity index (χ4n) is 3.26. The van der Waals surface area contributed by atoms with Gasteiger partial charge in [-0.15, -0.1) is 4.80 Å². The van der Waals surface area contributed by atoms with Gasteiger partial charge in [-0.2, -0.15) is 10.2 Å². The molecular formula is C20H19ClN8O3. The molecule has 164 valence electrons. The average molecular weight is 455 g/mol. The summed E-state index contributed by atoms with van der Waals surface area (Å²) in [5, 5.41) is 13.7. The van der Waals surface area contributed by atoms with Crippen LogP contribution < -0.4 is 16.2 Å². The molecule has 0 fully saturated rings. The molecule has 11 nitrogen and oxygen atoms in total. The number of ether oxygens (including phenoxy) is 1. The average Bonchev–Trinajstić information content (AvgIpc) is 3.30. The molecule has 0 aromatic carbocycles. The van der Waals surface area contributed by atoms with Gasteiger partial charge in [0, 0.05) is 25.8 Å². The number of hydrogen-bond donors (Lipinski definition) is 2. The number of nitrogens with one attached hydrogen (secondary N) is 2. The Morgan fingerprint density at radius 3 is 2.59 bits per heavy atom. The van der Waals surface area contributed by atoms with Gasteiger partial charge < -0.3 is 19.9 Å². The van der Waals surface area contributed by atoms with Crippen LogP contribution in [0.15, 0.2) is 47.8 Å². The summed E-state index contributed by atoms with van der Waals surface area (Å²) in [4.78, 5) is 34.7. The molecule has 1 unspecified atom stereocenters. The predicted octanol–water partition coefficient (Wildman–Crippen LogP) is 2.91. The molecule has 4 aromatic heterocycles. The molecule has 12 heteroatoms. The lowest BCUT2D eigenvalue weighted by molar-refractivity contribution is 0.121. The lowest BCUT2D eigenvalue weighted by Crippen LogP contribution is -2.23. The van der Waals surface area contributed by atoms with Crippen molar-refractivity contribution < 1.29 is 9.53 Å². The lowest BCUT2D eigenvalue weighted by atomic mass is 10.1. The first kappa shape index (κ1) is 21.4. The van der Waals surface area contributed by atoms with Crippen LogP contribution in [0.3, 0.4) is 0 Å². The van der Waals surface area contributed by atoms with Gasteiger partial charge in [0.05, 0.1) is 58.3 Å². The highest BCUT2D eigenvalue weighted by molar-refractivity contribution is 6.32. The Labute approximate surface area is 187 Å². The summed E-state index contributed by atoms with van der Waals surface area (Å²) in [6.45, 7) is 1.82. The smallest absolute Gasteiger partial charge is 0.323 e. The van der Waals surface area contributed by atoms with E-state index < -0.39 is 12.1 Å². The summed E-state index contributed by atoms with van der Waals surface area (Å²) in [6, 6.07) is 4.07. The molecule has 0 saturated heterocycles. The maximum Gasteiger partial charge on any atom is 0.323 e. The highest BCUT2D eigenvalue weighted by atomic mass is 35.5. The van der Waals surface area contributed by atoms with Crippen molar-refractivity contribution in [2.24, 2.45) is 7.05 Å². The van der Waals surface area contributed by atoms with E-state index in [0.717, 1.165) is 0 Å². The standard InChI is InChI=1S/C20H19ClN8O3/c1-11(32-3)17-15(10-22-14-4-5-16(30)28(2)18(14)17)27-20(31)26-12-8-13(21)19(23-9-12)29-24-6-7-25-29/h4-11H,1-3H3,(H2,26,27,31). The molecule has 0 aliphatic carbocycles. The van der Waals surface area contributed by atoms with Crippen molar-refractivity contribution in [2.75, 3.05) is 17.7 Å². The maximum absolute atomic E-state index is 12.7. The first-order valence-corrected chi connectivity index (χ1v) is 9.88. The highest BCUT2D eigenvalue weighted by Crippen LogP contribution is 2.31. The number of urea groups is 1. The van der Waals surface area contributed by atoms with Crippen LogP contribution >= 0.6 is 11.6 Å². The minimum atomic E-state index is -0.542. The fraction of sp³-hybridized carbons (Fsp3) is 0.200. The highest BCUT2D eigenvalue weighted by Gasteiger charge is 2.19. The van der Waals surface area contributed by atoms with Gasteiger partial charge in [0.25, 0.3) is 5.56 Å². The number of pyridine rings is 3. The quantitative estimate of drug-likeness (QED) is 0.474. The van der Waals surface area contributed by atoms with Gasteiger partial charge in [0.2, 0.25) is 0 Å². The van der Waals surface area contributed by atoms with Crippen LogP contribution in [0.1, 0.15) is 18.6 Å². The third-order valence-electron chi connectivity index (χ3n) is 4.87. The molecule has 32 heavy (non-hydrogen) atoms. The van der Waals surface area contributed by atoms with Crippen molar-refractivity contribution in [3.63, 3.8) is 0 Å². The van der Waals surface area contributed by atoms with E-state index in [1.807, 2.05) is 6.92 Å². The van der Waals surface area contributed by atoms with E-state index in [-0.39, 0.29) is 10.6 Å². The van der Waals surface area contributed by atoms with E-state index in [1.54, 1.807) is 20.2 Å². The van der Waals surface area contributed by atoms with Crippen molar-refractivity contribution >= 4 is 40.0 Å². The van der Waals surface area contributed by atoms with Crippen molar-refractivity contribution in [2.45, 2.75) is 13.0 Å². The number of fused-ring (bicyclic) bond motifs is 1. The van der Waals surface area contributed by atoms with Gasteiger partial charge in [0.1, 0.15) is 0 Å². The summed E-state index contributed by atoms with van der Waals surface area (Å²) >= 11 is 6.25. The van der Waals surface area contributed by atoms with Crippen LogP contribution in [0, 0.1) is 0 Å². The second-order valence-electron chi connectivity index (χ2n) is 6.85. The molecule has 0 saturated carbocycles. The largest absolute Gasteiger partial charge is 0.377 e. The predicted molar refractivity (Wildman–Crippen MR) is 119 cm³/mol. The van der Waals surface area contributed by atoms with Crippen LogP contribution in [0.5, 0.6) is 0 Å². The van der Waals surface area contributed by atoms with Crippen LogP contribution in [0.25, 0.3) is 16.9 Å². The summed E-state index contributed by atoms with van der Waals surface area (Å²) in [6.07, 6.45) is 5.55. The van der Waals surface area contributed by atoms with E-state index in [9.17, 15) is 9.59 Å². The minimum absolute atomic E-state index is 0.196. The number of carbonyl (C=O) groups excluding carboxylic acids is 1. The SMILES string of the molecule is COC(C)c1c(NC(=O)Nc2cnc(-n3nccn3)c(Cl)c2)cnc2ccc(=O)n(C)c12. The Kier molecular flexibility index (Phi) is 5.84. The Bertz CT molecular complexity index is 1350. The van der Waals surface area contributed by atoms with Gasteiger partial charge >= 0.3 is 6.03 Å². The van der Waals surface area contributed by atoms with E-state index in [1.165, 1.54) is 46.3 Å². The van der Waals surface area contributed by atoms with Gasteiger partial charge in [-0.3, -0.25) is 9.78 Å². The number of amides is 2. The van der Waals surface area contributed by atoms with Crippen LogP contribution in [0.2, 0.25) is 5.02 Å². The Morgan fingerprint density at radius 2 is 1.91 bits per heavy atom. The zero-order valence-corrected chi connectivity index (χ0v) is 18.2. The number of hydrogen-bond acceptors (Lipinski definition) is 7. The molecular weight excluding hydrogens is 436 g/mol. The second kappa shape index (κ2) is 8.73. The van der Waals surface area contributed by atoms with Crippen molar-refractivity contribution in [1.82, 2.24) is 29.5 Å². The third kappa shape index (κ3) is 4.03. The molecule has 1 atom stereocenters. The van der Waals surface area contributed by atoms with Gasteiger partial charge in [-0.1, -0.05) is 11.6 Å².